The van der Waals surface area contributed by atoms with Gasteiger partial charge in [0.25, 0.3) is 0 Å². The number of hydrogen-bond donors (Lipinski definition) is 0. The van der Waals surface area contributed by atoms with Gasteiger partial charge in [-0.2, -0.15) is 4.40 Å². The van der Waals surface area contributed by atoms with Gasteiger partial charge in [-0.1, -0.05) is 0 Å². The largest absolute Gasteiger partial charge is 0.460 e. The zero-order chi connectivity index (χ0) is 27.7. The third kappa shape index (κ3) is 14.9. The van der Waals surface area contributed by atoms with Crippen molar-refractivity contribution in [1.29, 1.82) is 0 Å². The van der Waals surface area contributed by atoms with Gasteiger partial charge in [0.2, 0.25) is 0 Å². The molecule has 0 heterocycles. The van der Waals surface area contributed by atoms with Crippen molar-refractivity contribution in [2.75, 3.05) is 0 Å². The lowest BCUT2D eigenvalue weighted by Crippen LogP contribution is -2.27. The molecule has 2 aliphatic carbocycles. The van der Waals surface area contributed by atoms with Crippen molar-refractivity contribution in [2.45, 2.75) is 142 Å². The summed E-state index contributed by atoms with van der Waals surface area (Å²) < 4.78 is 26.6. The summed E-state index contributed by atoms with van der Waals surface area (Å²) in [6.07, 6.45) is 7.44. The average molecular weight is 528 g/mol. The van der Waals surface area contributed by atoms with Crippen LogP contribution in [0.5, 0.6) is 0 Å². The Kier molecular flexibility index (Phi) is 12.5. The minimum absolute atomic E-state index is 0.119. The van der Waals surface area contributed by atoms with E-state index in [0.29, 0.717) is 43.3 Å². The van der Waals surface area contributed by atoms with Crippen LogP contribution in [0.1, 0.15) is 127 Å². The molecule has 1 unspecified atom stereocenters. The third-order valence-electron chi connectivity index (χ3n) is 5.83. The van der Waals surface area contributed by atoms with Crippen LogP contribution >= 0.6 is 0 Å². The first-order valence-electron chi connectivity index (χ1n) is 13.3. The van der Waals surface area contributed by atoms with Crippen LogP contribution in [0.4, 0.5) is 0 Å². The standard InChI is InChI=1S/C16H29NO3S.C12H20O3/c1-15(2,3)20-14(18)11-12-7-9-13(10-8-12)17-21(19)16(4,5)6;1-12(2,3)15-11(14)8-9-4-6-10(13)7-5-9/h12H,7-11H2,1-6H3;9H,4-8H2,1-3H3. The van der Waals surface area contributed by atoms with E-state index in [2.05, 4.69) is 4.40 Å². The SMILES string of the molecule is CC(C)(C)OC(=O)CC1CCC(=NS(=O)C(C)(C)C)CC1.CC(C)(C)OC(=O)CC1CCC(=O)CC1. The highest BCUT2D eigenvalue weighted by atomic mass is 32.2. The smallest absolute Gasteiger partial charge is 0.306 e. The van der Waals surface area contributed by atoms with Crippen molar-refractivity contribution in [3.63, 3.8) is 0 Å². The lowest BCUT2D eigenvalue weighted by atomic mass is 9.86. The Hall–Kier alpha value is -1.57. The van der Waals surface area contributed by atoms with Crippen LogP contribution in [-0.2, 0) is 34.8 Å². The average Bonchev–Trinajstić information content (AvgIpc) is 2.68. The molecule has 0 aromatic rings. The minimum atomic E-state index is -1.17. The highest BCUT2D eigenvalue weighted by molar-refractivity contribution is 7.85. The number of carbonyl (C=O) groups excluding carboxylic acids is 3. The highest BCUT2D eigenvalue weighted by Crippen LogP contribution is 2.28. The van der Waals surface area contributed by atoms with Crippen molar-refractivity contribution in [1.82, 2.24) is 0 Å². The first-order valence-corrected chi connectivity index (χ1v) is 14.4. The van der Waals surface area contributed by atoms with Crippen LogP contribution in [0.2, 0.25) is 0 Å². The summed E-state index contributed by atoms with van der Waals surface area (Å²) in [5.74, 6) is 0.780. The molecule has 0 aliphatic heterocycles. The van der Waals surface area contributed by atoms with Gasteiger partial charge in [0.05, 0.1) is 4.75 Å². The highest BCUT2D eigenvalue weighted by Gasteiger charge is 2.26. The van der Waals surface area contributed by atoms with E-state index >= 15 is 0 Å². The quantitative estimate of drug-likeness (QED) is 0.390. The number of ether oxygens (including phenoxy) is 2. The monoisotopic (exact) mass is 527 g/mol. The zero-order valence-corrected chi connectivity index (χ0v) is 24.8. The van der Waals surface area contributed by atoms with E-state index in [1.54, 1.807) is 0 Å². The van der Waals surface area contributed by atoms with Gasteiger partial charge >= 0.3 is 11.9 Å². The molecule has 2 fully saturated rings. The number of esters is 2. The lowest BCUT2D eigenvalue weighted by Gasteiger charge is -2.25. The maximum Gasteiger partial charge on any atom is 0.306 e. The molecule has 2 aliphatic rings. The summed E-state index contributed by atoms with van der Waals surface area (Å²) in [7, 11) is -1.17. The van der Waals surface area contributed by atoms with Crippen LogP contribution < -0.4 is 0 Å². The van der Waals surface area contributed by atoms with E-state index in [0.717, 1.165) is 44.2 Å². The second kappa shape index (κ2) is 13.8. The number of carbonyl (C=O) groups is 3. The third-order valence-corrected chi connectivity index (χ3v) is 7.30. The predicted octanol–water partition coefficient (Wildman–Crippen LogP) is 6.29. The van der Waals surface area contributed by atoms with E-state index in [4.69, 9.17) is 9.47 Å². The maximum atomic E-state index is 12.0. The fourth-order valence-corrected chi connectivity index (χ4v) is 4.69. The predicted molar refractivity (Wildman–Crippen MR) is 145 cm³/mol. The van der Waals surface area contributed by atoms with Gasteiger partial charge < -0.3 is 9.47 Å². The molecule has 0 N–H and O–H groups in total. The van der Waals surface area contributed by atoms with Crippen LogP contribution in [0.25, 0.3) is 0 Å². The molecular weight excluding hydrogens is 478 g/mol. The minimum Gasteiger partial charge on any atom is -0.460 e. The fourth-order valence-electron chi connectivity index (χ4n) is 4.00. The molecule has 36 heavy (non-hydrogen) atoms. The summed E-state index contributed by atoms with van der Waals surface area (Å²) in [5.41, 5.74) is 0.215. The first kappa shape index (κ1) is 32.5. The van der Waals surface area contributed by atoms with Crippen LogP contribution in [0.3, 0.4) is 0 Å². The molecule has 8 heteroatoms. The molecule has 0 radical (unpaired) electrons. The molecule has 2 saturated carbocycles. The van der Waals surface area contributed by atoms with Gasteiger partial charge in [0, 0.05) is 31.4 Å². The molecule has 2 rings (SSSR count). The number of rotatable bonds is 5. The van der Waals surface area contributed by atoms with Gasteiger partial charge in [0.15, 0.2) is 0 Å². The maximum absolute atomic E-state index is 12.0. The summed E-state index contributed by atoms with van der Waals surface area (Å²) in [6.45, 7) is 17.1. The second-order valence-electron chi connectivity index (χ2n) is 13.0. The number of ketones is 1. The zero-order valence-electron chi connectivity index (χ0n) is 24.0. The fraction of sp³-hybridized carbons (Fsp3) is 0.857. The topological polar surface area (TPSA) is 99.1 Å². The van der Waals surface area contributed by atoms with E-state index in [-0.39, 0.29) is 16.7 Å². The van der Waals surface area contributed by atoms with Crippen molar-refractivity contribution in [3.05, 3.63) is 0 Å². The Morgan fingerprint density at radius 3 is 1.44 bits per heavy atom. The molecule has 0 amide bonds. The first-order chi connectivity index (χ1) is 16.3. The molecule has 1 atom stereocenters. The van der Waals surface area contributed by atoms with Gasteiger partial charge in [-0.05, 0) is 113 Å². The molecule has 7 nitrogen and oxygen atoms in total. The number of nitrogens with zero attached hydrogens (tertiary/aromatic N) is 1. The van der Waals surface area contributed by atoms with Crippen molar-refractivity contribution < 1.29 is 28.1 Å². The van der Waals surface area contributed by atoms with Crippen LogP contribution in [-0.4, -0.2) is 43.6 Å². The second-order valence-corrected chi connectivity index (χ2v) is 14.9. The van der Waals surface area contributed by atoms with E-state index < -0.39 is 22.2 Å². The van der Waals surface area contributed by atoms with Gasteiger partial charge in [0.1, 0.15) is 28.0 Å². The summed E-state index contributed by atoms with van der Waals surface area (Å²) in [4.78, 5) is 34.3. The van der Waals surface area contributed by atoms with Gasteiger partial charge in [-0.25, -0.2) is 4.21 Å². The van der Waals surface area contributed by atoms with Gasteiger partial charge in [-0.15, -0.1) is 0 Å². The summed E-state index contributed by atoms with van der Waals surface area (Å²) in [5, 5.41) is 0. The summed E-state index contributed by atoms with van der Waals surface area (Å²) in [6, 6.07) is 0. The van der Waals surface area contributed by atoms with E-state index in [1.165, 1.54) is 0 Å². The van der Waals surface area contributed by atoms with E-state index in [9.17, 15) is 18.6 Å². The Bertz CT molecular complexity index is 793. The molecule has 0 aromatic carbocycles. The normalized spacial score (nSPS) is 20.6. The van der Waals surface area contributed by atoms with Crippen LogP contribution in [0, 0.1) is 11.8 Å². The Morgan fingerprint density at radius 1 is 0.750 bits per heavy atom. The molecule has 0 saturated heterocycles. The Morgan fingerprint density at radius 2 is 1.11 bits per heavy atom. The molecule has 0 aromatic heterocycles. The molecule has 0 spiro atoms. The Balaban J connectivity index is 0.000000381. The van der Waals surface area contributed by atoms with Crippen molar-refractivity contribution in [3.8, 4) is 0 Å². The lowest BCUT2D eigenvalue weighted by molar-refractivity contribution is -0.157. The molecule has 0 bridgehead atoms. The number of hydrogen-bond acceptors (Lipinski definition) is 6. The summed E-state index contributed by atoms with van der Waals surface area (Å²) >= 11 is 0. The molecular formula is C28H49NO6S. The van der Waals surface area contributed by atoms with Crippen molar-refractivity contribution >= 4 is 34.4 Å². The van der Waals surface area contributed by atoms with Crippen LogP contribution in [0.15, 0.2) is 4.40 Å². The number of Topliss-reactive ketones (excluding diaryl/α,β-unsaturated/α-hetero) is 1. The Labute approximate surface area is 221 Å². The van der Waals surface area contributed by atoms with E-state index in [1.807, 2.05) is 62.3 Å². The molecule has 208 valence electrons. The van der Waals surface area contributed by atoms with Gasteiger partial charge in [-0.3, -0.25) is 14.4 Å². The van der Waals surface area contributed by atoms with Crippen molar-refractivity contribution in [2.24, 2.45) is 16.2 Å².